The molecule has 1 radical (unpaired) electrons. The Morgan fingerprint density at radius 2 is 2.16 bits per heavy atom. The zero-order chi connectivity index (χ0) is 14.3. The molecular weight excluding hydrogens is 274 g/mol. The first-order chi connectivity index (χ1) is 9.10. The van der Waals surface area contributed by atoms with Crippen molar-refractivity contribution >= 4 is 29.4 Å². The van der Waals surface area contributed by atoms with Crippen LogP contribution in [0.3, 0.4) is 0 Å². The van der Waals surface area contributed by atoms with Gasteiger partial charge >= 0.3 is 5.69 Å². The van der Waals surface area contributed by atoms with Gasteiger partial charge in [-0.3, -0.25) is 19.7 Å². The molecule has 1 aromatic rings. The first kappa shape index (κ1) is 15.1. The van der Waals surface area contributed by atoms with Gasteiger partial charge in [0.1, 0.15) is 6.61 Å². The summed E-state index contributed by atoms with van der Waals surface area (Å²) in [6.07, 6.45) is 1.75. The number of nitrogens with zero attached hydrogens (tertiary/aromatic N) is 1. The fourth-order valence-corrected chi connectivity index (χ4v) is 1.59. The summed E-state index contributed by atoms with van der Waals surface area (Å²) in [7, 11) is 0. The summed E-state index contributed by atoms with van der Waals surface area (Å²) in [4.78, 5) is 32.3. The van der Waals surface area contributed by atoms with E-state index < -0.39 is 23.2 Å². The van der Waals surface area contributed by atoms with Crippen LogP contribution in [0.1, 0.15) is 6.42 Å². The molecule has 0 aliphatic rings. The van der Waals surface area contributed by atoms with Gasteiger partial charge in [0.2, 0.25) is 6.29 Å². The lowest BCUT2D eigenvalue weighted by Crippen LogP contribution is -2.23. The van der Waals surface area contributed by atoms with Gasteiger partial charge < -0.3 is 4.74 Å². The van der Waals surface area contributed by atoms with E-state index >= 15 is 0 Å². The third-order valence-electron chi connectivity index (χ3n) is 2.36. The van der Waals surface area contributed by atoms with E-state index in [2.05, 4.69) is 0 Å². The monoisotopic (exact) mass is 284 g/mol. The molecule has 1 unspecified atom stereocenters. The average molecular weight is 285 g/mol. The van der Waals surface area contributed by atoms with Gasteiger partial charge in [0.05, 0.1) is 10.8 Å². The van der Waals surface area contributed by atoms with E-state index in [0.717, 1.165) is 0 Å². The zero-order valence-electron chi connectivity index (χ0n) is 9.87. The second-order valence-electron chi connectivity index (χ2n) is 3.63. The number of rotatable bonds is 8. The number of nitro benzene ring substituents is 1. The summed E-state index contributed by atoms with van der Waals surface area (Å²) in [5.41, 5.74) is -0.237. The van der Waals surface area contributed by atoms with Crippen molar-refractivity contribution in [1.82, 2.24) is 0 Å². The number of hydrogen-bond donors (Lipinski definition) is 0. The van der Waals surface area contributed by atoms with E-state index in [1.54, 1.807) is 12.4 Å². The third kappa shape index (κ3) is 4.33. The highest BCUT2D eigenvalue weighted by atomic mass is 35.5. The first-order valence-corrected chi connectivity index (χ1v) is 5.96. The van der Waals surface area contributed by atoms with E-state index in [4.69, 9.17) is 16.3 Å². The van der Waals surface area contributed by atoms with Crippen LogP contribution in [0.2, 0.25) is 0 Å². The predicted molar refractivity (Wildman–Crippen MR) is 68.1 cm³/mol. The molecule has 1 rings (SSSR count). The van der Waals surface area contributed by atoms with Gasteiger partial charge in [0, 0.05) is 11.9 Å². The minimum absolute atomic E-state index is 0.0172. The molecule has 0 saturated carbocycles. The molecule has 0 aromatic heterocycles. The first-order valence-electron chi connectivity index (χ1n) is 5.42. The number of carbonyl (C=O) groups is 1. The maximum absolute atomic E-state index is 11.6. The number of benzene rings is 1. The lowest BCUT2D eigenvalue weighted by Gasteiger charge is -2.08. The van der Waals surface area contributed by atoms with Crippen molar-refractivity contribution in [3.05, 3.63) is 34.4 Å². The van der Waals surface area contributed by atoms with Crippen LogP contribution in [0.25, 0.3) is 0 Å². The van der Waals surface area contributed by atoms with E-state index in [1.807, 2.05) is 0 Å². The highest BCUT2D eigenvalue weighted by Gasteiger charge is 2.20. The van der Waals surface area contributed by atoms with Gasteiger partial charge in [-0.1, -0.05) is 12.1 Å². The van der Waals surface area contributed by atoms with Crippen molar-refractivity contribution in [1.29, 1.82) is 0 Å². The highest BCUT2D eigenvalue weighted by Crippen LogP contribution is 2.25. The molecule has 0 aliphatic heterocycles. The minimum Gasteiger partial charge on any atom is -0.479 e. The van der Waals surface area contributed by atoms with Crippen LogP contribution >= 0.6 is 11.6 Å². The Kier molecular flexibility index (Phi) is 5.95. The van der Waals surface area contributed by atoms with Gasteiger partial charge in [0.25, 0.3) is 0 Å². The Hall–Kier alpha value is -1.95. The fraction of sp³-hybridized carbons (Fsp3) is 0.333. The molecule has 0 heterocycles. The van der Waals surface area contributed by atoms with E-state index in [9.17, 15) is 19.7 Å². The van der Waals surface area contributed by atoms with Crippen LogP contribution in [-0.2, 0) is 9.59 Å². The third-order valence-corrected chi connectivity index (χ3v) is 2.58. The Morgan fingerprint density at radius 1 is 1.47 bits per heavy atom. The van der Waals surface area contributed by atoms with Gasteiger partial charge in [0.15, 0.2) is 11.5 Å². The standard InChI is InChI=1S/C12H11ClNO5/c13-6-5-9(7-15)11(16)8-19-12-4-2-1-3-10(12)14(17)18/h1-4,9H,5-6,8H2. The molecule has 1 aromatic carbocycles. The molecule has 0 spiro atoms. The van der Waals surface area contributed by atoms with Gasteiger partial charge in [-0.15, -0.1) is 11.6 Å². The molecule has 0 fully saturated rings. The second kappa shape index (κ2) is 7.48. The van der Waals surface area contributed by atoms with Crippen LogP contribution in [0.5, 0.6) is 5.75 Å². The lowest BCUT2D eigenvalue weighted by molar-refractivity contribution is -0.385. The van der Waals surface area contributed by atoms with Crippen LogP contribution in [0.15, 0.2) is 24.3 Å². The van der Waals surface area contributed by atoms with Crippen LogP contribution in [0, 0.1) is 16.0 Å². The number of hydrogen-bond acceptors (Lipinski definition) is 5. The summed E-state index contributed by atoms with van der Waals surface area (Å²) in [6, 6.07) is 5.69. The van der Waals surface area contributed by atoms with Gasteiger partial charge in [-0.2, -0.15) is 0 Å². The van der Waals surface area contributed by atoms with Crippen molar-refractivity contribution < 1.29 is 19.2 Å². The van der Waals surface area contributed by atoms with Crippen LogP contribution < -0.4 is 4.74 Å². The van der Waals surface area contributed by atoms with Crippen LogP contribution in [0.4, 0.5) is 5.69 Å². The second-order valence-corrected chi connectivity index (χ2v) is 4.01. The van der Waals surface area contributed by atoms with E-state index in [0.29, 0.717) is 0 Å². The van der Waals surface area contributed by atoms with Crippen molar-refractivity contribution in [2.45, 2.75) is 6.42 Å². The number of alkyl halides is 1. The smallest absolute Gasteiger partial charge is 0.310 e. The Bertz CT molecular complexity index is 477. The largest absolute Gasteiger partial charge is 0.479 e. The van der Waals surface area contributed by atoms with Gasteiger partial charge in [-0.25, -0.2) is 0 Å². The number of para-hydroxylation sites is 2. The summed E-state index contributed by atoms with van der Waals surface area (Å²) < 4.78 is 5.08. The average Bonchev–Trinajstić information content (AvgIpc) is 2.42. The SMILES string of the molecule is O=[C]C(CCCl)C(=O)COc1ccccc1[N+](=O)[O-]. The summed E-state index contributed by atoms with van der Waals surface area (Å²) in [5.74, 6) is -1.33. The van der Waals surface area contributed by atoms with Crippen molar-refractivity contribution in [3.63, 3.8) is 0 Å². The zero-order valence-corrected chi connectivity index (χ0v) is 10.6. The van der Waals surface area contributed by atoms with Crippen LogP contribution in [-0.4, -0.2) is 29.5 Å². The summed E-state index contributed by atoms with van der Waals surface area (Å²) in [6.45, 7) is -0.429. The number of halogens is 1. The topological polar surface area (TPSA) is 86.5 Å². The number of ether oxygens (including phenoxy) is 1. The molecule has 0 aliphatic carbocycles. The Labute approximate surface area is 114 Å². The quantitative estimate of drug-likeness (QED) is 0.315. The molecule has 6 nitrogen and oxygen atoms in total. The maximum Gasteiger partial charge on any atom is 0.310 e. The number of nitro groups is 1. The molecule has 101 valence electrons. The predicted octanol–water partition coefficient (Wildman–Crippen LogP) is 1.90. The molecular formula is C12H11ClNO5. The number of Topliss-reactive ketones (excluding diaryl/α,β-unsaturated/α-hetero) is 1. The van der Waals surface area contributed by atoms with Gasteiger partial charge in [-0.05, 0) is 12.5 Å². The highest BCUT2D eigenvalue weighted by molar-refractivity contribution is 6.18. The molecule has 0 saturated heterocycles. The van der Waals surface area contributed by atoms with Crippen molar-refractivity contribution in [2.24, 2.45) is 5.92 Å². The van der Waals surface area contributed by atoms with Crippen molar-refractivity contribution in [3.8, 4) is 5.75 Å². The number of ketones is 1. The molecule has 7 heteroatoms. The Balaban J connectivity index is 2.69. The number of carbonyl (C=O) groups excluding carboxylic acids is 2. The van der Waals surface area contributed by atoms with Crippen molar-refractivity contribution in [2.75, 3.05) is 12.5 Å². The normalized spacial score (nSPS) is 11.6. The molecule has 19 heavy (non-hydrogen) atoms. The lowest BCUT2D eigenvalue weighted by atomic mass is 10.0. The minimum atomic E-state index is -0.958. The van der Waals surface area contributed by atoms with E-state index in [1.165, 1.54) is 18.2 Å². The Morgan fingerprint density at radius 3 is 2.74 bits per heavy atom. The summed E-state index contributed by atoms with van der Waals surface area (Å²) >= 11 is 5.44. The maximum atomic E-state index is 11.6. The summed E-state index contributed by atoms with van der Waals surface area (Å²) in [5, 5.41) is 10.7. The molecule has 0 amide bonds. The molecule has 1 atom stereocenters. The fourth-order valence-electron chi connectivity index (χ4n) is 1.37. The van der Waals surface area contributed by atoms with E-state index in [-0.39, 0.29) is 23.7 Å². The molecule has 0 bridgehead atoms. The molecule has 0 N–H and O–H groups in total.